The summed E-state index contributed by atoms with van der Waals surface area (Å²) in [7, 11) is 0. The molecule has 0 unspecified atom stereocenters. The lowest BCUT2D eigenvalue weighted by Crippen LogP contribution is -2.27. The fraction of sp³-hybridized carbons (Fsp3) is 0.182. The van der Waals surface area contributed by atoms with Gasteiger partial charge in [-0.15, -0.1) is 22.0 Å². The third kappa shape index (κ3) is 2.17. The van der Waals surface area contributed by atoms with Gasteiger partial charge in [-0.25, -0.2) is 0 Å². The molecule has 4 nitrogen and oxygen atoms in total. The summed E-state index contributed by atoms with van der Waals surface area (Å²) >= 11 is 6.41. The van der Waals surface area contributed by atoms with Crippen LogP contribution < -0.4 is 4.90 Å². The van der Waals surface area contributed by atoms with Crippen LogP contribution in [0.3, 0.4) is 0 Å². The second-order valence-corrected chi connectivity index (χ2v) is 6.50. The Morgan fingerprint density at radius 1 is 1.33 bits per heavy atom. The molecule has 1 aliphatic rings. The van der Waals surface area contributed by atoms with E-state index < -0.39 is 0 Å². The Kier molecular flexibility index (Phi) is 3.36. The maximum Gasteiger partial charge on any atom is 0.240 e. The number of amides is 1. The van der Waals surface area contributed by atoms with Gasteiger partial charge in [-0.05, 0) is 17.7 Å². The Hall–Kier alpha value is -0.920. The monoisotopic (exact) mass is 341 g/mol. The van der Waals surface area contributed by atoms with Crippen molar-refractivity contribution in [1.29, 1.82) is 0 Å². The summed E-state index contributed by atoms with van der Waals surface area (Å²) in [4.78, 5) is 13.7. The van der Waals surface area contributed by atoms with Gasteiger partial charge in [-0.1, -0.05) is 39.4 Å². The molecule has 3 rings (SSSR count). The van der Waals surface area contributed by atoms with Crippen molar-refractivity contribution in [3.63, 3.8) is 0 Å². The second-order valence-electron chi connectivity index (χ2n) is 3.70. The summed E-state index contributed by atoms with van der Waals surface area (Å²) in [6.07, 6.45) is 0. The van der Waals surface area contributed by atoms with Gasteiger partial charge in [-0.3, -0.25) is 9.69 Å². The highest BCUT2D eigenvalue weighted by Gasteiger charge is 2.35. The second kappa shape index (κ2) is 4.99. The Labute approximate surface area is 121 Å². The molecule has 0 bridgehead atoms. The van der Waals surface area contributed by atoms with E-state index in [1.807, 2.05) is 24.3 Å². The van der Waals surface area contributed by atoms with Crippen LogP contribution >= 0.6 is 39.0 Å². The minimum absolute atomic E-state index is 0.00134. The van der Waals surface area contributed by atoms with Gasteiger partial charge < -0.3 is 0 Å². The molecule has 0 radical (unpaired) electrons. The summed E-state index contributed by atoms with van der Waals surface area (Å²) in [5, 5.41) is 8.46. The topological polar surface area (TPSA) is 46.1 Å². The quantitative estimate of drug-likeness (QED) is 0.842. The fourth-order valence-electron chi connectivity index (χ4n) is 1.78. The van der Waals surface area contributed by atoms with E-state index in [1.54, 1.807) is 22.2 Å². The van der Waals surface area contributed by atoms with Crippen molar-refractivity contribution in [3.8, 4) is 0 Å². The molecule has 1 amide bonds. The summed E-state index contributed by atoms with van der Waals surface area (Å²) in [5.74, 6) is 0.574. The summed E-state index contributed by atoms with van der Waals surface area (Å²) in [5.41, 5.74) is 2.74. The fourth-order valence-corrected chi connectivity index (χ4v) is 3.87. The molecule has 1 saturated heterocycles. The van der Waals surface area contributed by atoms with E-state index in [0.717, 1.165) is 10.0 Å². The molecule has 92 valence electrons. The van der Waals surface area contributed by atoms with E-state index in [4.69, 9.17) is 0 Å². The maximum absolute atomic E-state index is 12.0. The minimum atomic E-state index is -0.00134. The van der Waals surface area contributed by atoms with Gasteiger partial charge in [0.2, 0.25) is 11.0 Å². The molecule has 2 heterocycles. The number of thioether (sulfide) groups is 1. The number of aromatic nitrogens is 2. The molecule has 1 aliphatic heterocycles. The lowest BCUT2D eigenvalue weighted by molar-refractivity contribution is -0.115. The largest absolute Gasteiger partial charge is 0.273 e. The van der Waals surface area contributed by atoms with Crippen molar-refractivity contribution in [2.24, 2.45) is 0 Å². The Bertz CT molecular complexity index is 558. The van der Waals surface area contributed by atoms with Crippen LogP contribution in [-0.4, -0.2) is 21.9 Å². The van der Waals surface area contributed by atoms with Gasteiger partial charge in [-0.2, -0.15) is 0 Å². The molecule has 2 aromatic rings. The summed E-state index contributed by atoms with van der Waals surface area (Å²) in [6.45, 7) is 0. The zero-order chi connectivity index (χ0) is 12.5. The van der Waals surface area contributed by atoms with E-state index in [2.05, 4.69) is 26.1 Å². The first-order chi connectivity index (χ1) is 8.75. The van der Waals surface area contributed by atoms with Crippen molar-refractivity contribution in [2.75, 3.05) is 10.7 Å². The van der Waals surface area contributed by atoms with Crippen molar-refractivity contribution in [3.05, 3.63) is 39.8 Å². The van der Waals surface area contributed by atoms with Crippen molar-refractivity contribution in [1.82, 2.24) is 10.2 Å². The first-order valence-electron chi connectivity index (χ1n) is 5.21. The maximum atomic E-state index is 12.0. The van der Waals surface area contributed by atoms with Gasteiger partial charge in [0.15, 0.2) is 0 Å². The third-order valence-electron chi connectivity index (χ3n) is 2.58. The number of rotatable bonds is 2. The molecule has 0 spiro atoms. The molecule has 1 fully saturated rings. The van der Waals surface area contributed by atoms with Crippen molar-refractivity contribution in [2.45, 2.75) is 5.37 Å². The normalized spacial score (nSPS) is 19.5. The SMILES string of the molecule is O=C1CS[C@H](c2ccc(Br)cc2)N1c1nncs1. The van der Waals surface area contributed by atoms with E-state index in [-0.39, 0.29) is 11.3 Å². The predicted molar refractivity (Wildman–Crippen MR) is 76.7 cm³/mol. The molecule has 0 saturated carbocycles. The minimum Gasteiger partial charge on any atom is -0.273 e. The number of carbonyl (C=O) groups excluding carboxylic acids is 1. The van der Waals surface area contributed by atoms with Crippen LogP contribution in [0.1, 0.15) is 10.9 Å². The molecular weight excluding hydrogens is 334 g/mol. The zero-order valence-corrected chi connectivity index (χ0v) is 12.3. The third-order valence-corrected chi connectivity index (χ3v) is 5.01. The van der Waals surface area contributed by atoms with Crippen molar-refractivity contribution >= 4 is 50.1 Å². The molecule has 1 aromatic heterocycles. The number of nitrogens with zero attached hydrogens (tertiary/aromatic N) is 3. The van der Waals surface area contributed by atoms with Crippen LogP contribution in [0.25, 0.3) is 0 Å². The van der Waals surface area contributed by atoms with Crippen LogP contribution in [-0.2, 0) is 4.79 Å². The van der Waals surface area contributed by atoms with Crippen LogP contribution in [0.4, 0.5) is 5.13 Å². The number of hydrogen-bond donors (Lipinski definition) is 0. The number of halogens is 1. The Morgan fingerprint density at radius 3 is 2.78 bits per heavy atom. The van der Waals surface area contributed by atoms with Crippen LogP contribution in [0.5, 0.6) is 0 Å². The smallest absolute Gasteiger partial charge is 0.240 e. The molecule has 1 atom stereocenters. The molecule has 0 aliphatic carbocycles. The Morgan fingerprint density at radius 2 is 2.11 bits per heavy atom. The summed E-state index contributed by atoms with van der Waals surface area (Å²) in [6, 6.07) is 8.01. The molecule has 1 aromatic carbocycles. The number of carbonyl (C=O) groups is 1. The molecular formula is C11H8BrN3OS2. The van der Waals surface area contributed by atoms with Crippen LogP contribution in [0, 0.1) is 0 Å². The van der Waals surface area contributed by atoms with E-state index >= 15 is 0 Å². The van der Waals surface area contributed by atoms with E-state index in [1.165, 1.54) is 11.3 Å². The van der Waals surface area contributed by atoms with E-state index in [9.17, 15) is 4.79 Å². The molecule has 0 N–H and O–H groups in total. The number of benzene rings is 1. The lowest BCUT2D eigenvalue weighted by atomic mass is 10.2. The highest BCUT2D eigenvalue weighted by Crippen LogP contribution is 2.42. The van der Waals surface area contributed by atoms with Gasteiger partial charge in [0.05, 0.1) is 5.75 Å². The number of anilines is 1. The summed E-state index contributed by atoms with van der Waals surface area (Å²) < 4.78 is 1.03. The number of hydrogen-bond acceptors (Lipinski definition) is 5. The van der Waals surface area contributed by atoms with Crippen LogP contribution in [0.15, 0.2) is 34.2 Å². The average molecular weight is 342 g/mol. The Balaban J connectivity index is 1.96. The lowest BCUT2D eigenvalue weighted by Gasteiger charge is -2.20. The van der Waals surface area contributed by atoms with Gasteiger partial charge in [0.1, 0.15) is 10.9 Å². The molecule has 18 heavy (non-hydrogen) atoms. The first kappa shape index (κ1) is 12.1. The van der Waals surface area contributed by atoms with Gasteiger partial charge in [0, 0.05) is 4.47 Å². The average Bonchev–Trinajstić information content (AvgIpc) is 2.99. The van der Waals surface area contributed by atoms with Crippen molar-refractivity contribution < 1.29 is 4.79 Å². The first-order valence-corrected chi connectivity index (χ1v) is 7.93. The predicted octanol–water partition coefficient (Wildman–Crippen LogP) is 3.08. The standard InChI is InChI=1S/C11H8BrN3OS2/c12-8-3-1-7(2-4-8)10-15(9(16)5-17-10)11-14-13-6-18-11/h1-4,6,10H,5H2/t10-/m1/s1. The van der Waals surface area contributed by atoms with Gasteiger partial charge in [0.25, 0.3) is 0 Å². The molecule has 7 heteroatoms. The highest BCUT2D eigenvalue weighted by molar-refractivity contribution is 9.10. The van der Waals surface area contributed by atoms with Crippen LogP contribution in [0.2, 0.25) is 0 Å². The van der Waals surface area contributed by atoms with E-state index in [0.29, 0.717) is 10.9 Å². The zero-order valence-electron chi connectivity index (χ0n) is 9.12. The highest BCUT2D eigenvalue weighted by atomic mass is 79.9. The van der Waals surface area contributed by atoms with Gasteiger partial charge >= 0.3 is 0 Å².